The smallest absolute Gasteiger partial charge is 0.261 e. The molecule has 3 rings (SSSR count). The van der Waals surface area contributed by atoms with E-state index in [0.717, 1.165) is 5.56 Å². The van der Waals surface area contributed by atoms with Crippen LogP contribution < -0.4 is 20.1 Å². The van der Waals surface area contributed by atoms with Gasteiger partial charge in [-0.3, -0.25) is 4.72 Å². The van der Waals surface area contributed by atoms with Gasteiger partial charge in [-0.1, -0.05) is 23.7 Å². The van der Waals surface area contributed by atoms with Crippen LogP contribution in [0.25, 0.3) is 0 Å². The summed E-state index contributed by atoms with van der Waals surface area (Å²) >= 11 is 11.2. The van der Waals surface area contributed by atoms with E-state index < -0.39 is 10.0 Å². The number of anilines is 2. The van der Waals surface area contributed by atoms with Crippen molar-refractivity contribution in [2.24, 2.45) is 0 Å². The number of hydrogen-bond donors (Lipinski definition) is 3. The molecule has 3 N–H and O–H groups in total. The van der Waals surface area contributed by atoms with E-state index in [0.29, 0.717) is 33.8 Å². The number of ether oxygens (including phenoxy) is 1. The predicted octanol–water partition coefficient (Wildman–Crippen LogP) is 4.64. The summed E-state index contributed by atoms with van der Waals surface area (Å²) < 4.78 is 32.7. The number of methoxy groups -OCH3 is 1. The molecule has 0 saturated heterocycles. The van der Waals surface area contributed by atoms with Gasteiger partial charge in [0.25, 0.3) is 10.0 Å². The first-order chi connectivity index (χ1) is 14.4. The molecule has 0 aliphatic rings. The molecule has 3 aromatic carbocycles. The van der Waals surface area contributed by atoms with E-state index in [1.54, 1.807) is 43.5 Å². The lowest BCUT2D eigenvalue weighted by Gasteiger charge is -2.12. The molecule has 0 atom stereocenters. The van der Waals surface area contributed by atoms with E-state index >= 15 is 0 Å². The summed E-state index contributed by atoms with van der Waals surface area (Å²) in [5.74, 6) is 0.647. The summed E-state index contributed by atoms with van der Waals surface area (Å²) in [5.41, 5.74) is 2.16. The molecule has 156 valence electrons. The van der Waals surface area contributed by atoms with Gasteiger partial charge in [-0.2, -0.15) is 0 Å². The molecule has 0 spiro atoms. The second-order valence-electron chi connectivity index (χ2n) is 6.29. The van der Waals surface area contributed by atoms with Gasteiger partial charge in [-0.25, -0.2) is 8.42 Å². The maximum absolute atomic E-state index is 12.6. The fourth-order valence-corrected chi connectivity index (χ4v) is 3.93. The zero-order chi connectivity index (χ0) is 21.6. The molecular weight excluding hydrogens is 442 g/mol. The van der Waals surface area contributed by atoms with Gasteiger partial charge in [-0.15, -0.1) is 0 Å². The third-order valence-electron chi connectivity index (χ3n) is 4.13. The standard InChI is InChI=1S/C21H20ClN3O3S2/c1-28-19-10-6-18(7-11-19)25-30(26,27)20-12-8-17(9-13-20)24-21(29)23-14-15-2-4-16(22)5-3-15/h2-13,25H,14H2,1H3,(H2,23,24,29). The molecule has 0 aromatic heterocycles. The maximum atomic E-state index is 12.6. The lowest BCUT2D eigenvalue weighted by molar-refractivity contribution is 0.415. The van der Waals surface area contributed by atoms with Crippen LogP contribution in [0.4, 0.5) is 11.4 Å². The van der Waals surface area contributed by atoms with Crippen molar-refractivity contribution in [2.45, 2.75) is 11.4 Å². The molecule has 0 bridgehead atoms. The highest BCUT2D eigenvalue weighted by Crippen LogP contribution is 2.20. The van der Waals surface area contributed by atoms with Crippen LogP contribution in [0.1, 0.15) is 5.56 Å². The van der Waals surface area contributed by atoms with Gasteiger partial charge in [0.15, 0.2) is 5.11 Å². The van der Waals surface area contributed by atoms with Crippen molar-refractivity contribution < 1.29 is 13.2 Å². The summed E-state index contributed by atoms with van der Waals surface area (Å²) in [6.45, 7) is 0.543. The van der Waals surface area contributed by atoms with E-state index in [1.807, 2.05) is 24.3 Å². The predicted molar refractivity (Wildman–Crippen MR) is 125 cm³/mol. The molecule has 3 aromatic rings. The first-order valence-electron chi connectivity index (χ1n) is 8.92. The molecule has 0 radical (unpaired) electrons. The molecule has 30 heavy (non-hydrogen) atoms. The fraction of sp³-hybridized carbons (Fsp3) is 0.0952. The molecule has 0 saturated carbocycles. The minimum Gasteiger partial charge on any atom is -0.497 e. The van der Waals surface area contributed by atoms with Crippen molar-refractivity contribution in [3.05, 3.63) is 83.4 Å². The number of thiocarbonyl (C=S) groups is 1. The van der Waals surface area contributed by atoms with Gasteiger partial charge in [0.1, 0.15) is 5.75 Å². The molecule has 9 heteroatoms. The quantitative estimate of drug-likeness (QED) is 0.445. The van der Waals surface area contributed by atoms with Crippen LogP contribution in [0.5, 0.6) is 5.75 Å². The lowest BCUT2D eigenvalue weighted by Crippen LogP contribution is -2.27. The van der Waals surface area contributed by atoms with Crippen molar-refractivity contribution in [1.29, 1.82) is 0 Å². The van der Waals surface area contributed by atoms with Crippen molar-refractivity contribution >= 4 is 50.3 Å². The number of benzene rings is 3. The van der Waals surface area contributed by atoms with Crippen LogP contribution in [0.3, 0.4) is 0 Å². The average molecular weight is 462 g/mol. The van der Waals surface area contributed by atoms with E-state index in [1.165, 1.54) is 12.1 Å². The van der Waals surface area contributed by atoms with Gasteiger partial charge in [0.05, 0.1) is 12.0 Å². The van der Waals surface area contributed by atoms with E-state index in [2.05, 4.69) is 15.4 Å². The monoisotopic (exact) mass is 461 g/mol. The summed E-state index contributed by atoms with van der Waals surface area (Å²) in [6, 6.07) is 20.4. The highest BCUT2D eigenvalue weighted by Gasteiger charge is 2.14. The molecule has 0 heterocycles. The molecule has 6 nitrogen and oxygen atoms in total. The number of hydrogen-bond acceptors (Lipinski definition) is 4. The molecular formula is C21H20ClN3O3S2. The van der Waals surface area contributed by atoms with Crippen LogP contribution in [0.2, 0.25) is 5.02 Å². The number of nitrogens with one attached hydrogen (secondary N) is 3. The number of halogens is 1. The van der Waals surface area contributed by atoms with Crippen molar-refractivity contribution in [1.82, 2.24) is 5.32 Å². The topological polar surface area (TPSA) is 79.5 Å². The highest BCUT2D eigenvalue weighted by atomic mass is 35.5. The van der Waals surface area contributed by atoms with Crippen molar-refractivity contribution in [3.63, 3.8) is 0 Å². The summed E-state index contributed by atoms with van der Waals surface area (Å²) in [7, 11) is -2.16. The zero-order valence-electron chi connectivity index (χ0n) is 16.1. The normalized spacial score (nSPS) is 10.9. The minimum atomic E-state index is -3.71. The molecule has 0 aliphatic carbocycles. The Kier molecular flexibility index (Phi) is 7.15. The average Bonchev–Trinajstić information content (AvgIpc) is 2.74. The van der Waals surface area contributed by atoms with Gasteiger partial charge in [0.2, 0.25) is 0 Å². The van der Waals surface area contributed by atoms with Crippen LogP contribution in [0.15, 0.2) is 77.7 Å². The second-order valence-corrected chi connectivity index (χ2v) is 8.82. The summed E-state index contributed by atoms with van der Waals surface area (Å²) in [6.07, 6.45) is 0. The lowest BCUT2D eigenvalue weighted by atomic mass is 10.2. The SMILES string of the molecule is COc1ccc(NS(=O)(=O)c2ccc(NC(=S)NCc3ccc(Cl)cc3)cc2)cc1. The first-order valence-corrected chi connectivity index (χ1v) is 11.2. The Balaban J connectivity index is 1.57. The Morgan fingerprint density at radius 3 is 2.13 bits per heavy atom. The third-order valence-corrected chi connectivity index (χ3v) is 6.03. The Bertz CT molecular complexity index is 1100. The van der Waals surface area contributed by atoms with Crippen LogP contribution in [0, 0.1) is 0 Å². The maximum Gasteiger partial charge on any atom is 0.261 e. The number of sulfonamides is 1. The third kappa shape index (κ3) is 6.09. The highest BCUT2D eigenvalue weighted by molar-refractivity contribution is 7.92. The van der Waals surface area contributed by atoms with Crippen molar-refractivity contribution in [3.8, 4) is 5.75 Å². The zero-order valence-corrected chi connectivity index (χ0v) is 18.4. The largest absolute Gasteiger partial charge is 0.497 e. The first kappa shape index (κ1) is 21.9. The fourth-order valence-electron chi connectivity index (χ4n) is 2.55. The minimum absolute atomic E-state index is 0.143. The van der Waals surface area contributed by atoms with Gasteiger partial charge in [-0.05, 0) is 78.4 Å². The van der Waals surface area contributed by atoms with Crippen LogP contribution >= 0.6 is 23.8 Å². The molecule has 0 amide bonds. The van der Waals surface area contributed by atoms with Crippen molar-refractivity contribution in [2.75, 3.05) is 17.1 Å². The van der Waals surface area contributed by atoms with Crippen LogP contribution in [-0.2, 0) is 16.6 Å². The Morgan fingerprint density at radius 2 is 1.53 bits per heavy atom. The molecule has 0 unspecified atom stereocenters. The van der Waals surface area contributed by atoms with Crippen LogP contribution in [-0.4, -0.2) is 20.6 Å². The Labute approximate surface area is 186 Å². The number of rotatable bonds is 7. The van der Waals surface area contributed by atoms with Gasteiger partial charge >= 0.3 is 0 Å². The molecule has 0 fully saturated rings. The summed E-state index contributed by atoms with van der Waals surface area (Å²) in [4.78, 5) is 0.143. The second kappa shape index (κ2) is 9.80. The van der Waals surface area contributed by atoms with Gasteiger partial charge < -0.3 is 15.4 Å². The van der Waals surface area contributed by atoms with E-state index in [-0.39, 0.29) is 4.90 Å². The summed E-state index contributed by atoms with van der Waals surface area (Å²) in [5, 5.41) is 7.22. The van der Waals surface area contributed by atoms with E-state index in [4.69, 9.17) is 28.6 Å². The molecule has 0 aliphatic heterocycles. The Hall–Kier alpha value is -2.81. The Morgan fingerprint density at radius 1 is 0.933 bits per heavy atom. The van der Waals surface area contributed by atoms with E-state index in [9.17, 15) is 8.42 Å². The van der Waals surface area contributed by atoms with Gasteiger partial charge in [0, 0.05) is 22.9 Å².